The molecule has 0 saturated carbocycles. The fraction of sp³-hybridized carbons (Fsp3) is 0.348. The van der Waals surface area contributed by atoms with Gasteiger partial charge in [-0.2, -0.15) is 0 Å². The molecule has 7 heteroatoms. The number of carbonyl (C=O) groups excluding carboxylic acids is 3. The van der Waals surface area contributed by atoms with Crippen LogP contribution in [0.25, 0.3) is 0 Å². The molecular weight excluding hydrogens is 380 g/mol. The maximum absolute atomic E-state index is 12.7. The predicted octanol–water partition coefficient (Wildman–Crippen LogP) is 2.13. The van der Waals surface area contributed by atoms with Crippen molar-refractivity contribution < 1.29 is 14.4 Å². The van der Waals surface area contributed by atoms with E-state index in [-0.39, 0.29) is 17.7 Å². The van der Waals surface area contributed by atoms with Gasteiger partial charge in [-0.05, 0) is 36.8 Å². The van der Waals surface area contributed by atoms with Gasteiger partial charge in [-0.15, -0.1) is 0 Å². The molecule has 1 unspecified atom stereocenters. The van der Waals surface area contributed by atoms with E-state index in [0.29, 0.717) is 18.7 Å². The zero-order valence-corrected chi connectivity index (χ0v) is 17.1. The molecule has 7 nitrogen and oxygen atoms in total. The summed E-state index contributed by atoms with van der Waals surface area (Å²) >= 11 is 0. The highest BCUT2D eigenvalue weighted by atomic mass is 16.2. The number of amides is 3. The minimum absolute atomic E-state index is 0.0606. The van der Waals surface area contributed by atoms with Crippen LogP contribution < -0.4 is 10.2 Å². The Balaban J connectivity index is 1.30. The second-order valence-corrected chi connectivity index (χ2v) is 7.81. The number of ketones is 1. The predicted molar refractivity (Wildman–Crippen MR) is 114 cm³/mol. The summed E-state index contributed by atoms with van der Waals surface area (Å²) in [5, 5.41) is 2.81. The van der Waals surface area contributed by atoms with Gasteiger partial charge in [-0.1, -0.05) is 30.3 Å². The number of nitrogens with one attached hydrogen (secondary N) is 1. The molecule has 0 aliphatic carbocycles. The van der Waals surface area contributed by atoms with Crippen LogP contribution in [-0.2, 0) is 11.2 Å². The third kappa shape index (κ3) is 4.36. The molecule has 30 heavy (non-hydrogen) atoms. The molecule has 2 aliphatic rings. The third-order valence-electron chi connectivity index (χ3n) is 5.74. The zero-order valence-electron chi connectivity index (χ0n) is 17.1. The average Bonchev–Trinajstić information content (AvgIpc) is 3.02. The highest BCUT2D eigenvalue weighted by Crippen LogP contribution is 2.19. The molecule has 0 radical (unpaired) electrons. The van der Waals surface area contributed by atoms with E-state index < -0.39 is 6.04 Å². The van der Waals surface area contributed by atoms with Gasteiger partial charge in [0.1, 0.15) is 6.04 Å². The molecule has 156 valence electrons. The number of carbonyl (C=O) groups is 3. The van der Waals surface area contributed by atoms with Crippen LogP contribution in [0, 0.1) is 0 Å². The van der Waals surface area contributed by atoms with E-state index in [0.717, 1.165) is 37.4 Å². The van der Waals surface area contributed by atoms with E-state index in [2.05, 4.69) is 15.1 Å². The fourth-order valence-corrected chi connectivity index (χ4v) is 3.95. The van der Waals surface area contributed by atoms with E-state index in [1.54, 1.807) is 6.92 Å². The Hall–Kier alpha value is -3.19. The number of benzene rings is 2. The number of nitrogens with zero attached hydrogens (tertiary/aromatic N) is 3. The van der Waals surface area contributed by atoms with Crippen molar-refractivity contribution in [2.24, 2.45) is 0 Å². The Morgan fingerprint density at radius 3 is 2.27 bits per heavy atom. The minimum Gasteiger partial charge on any atom is -0.369 e. The van der Waals surface area contributed by atoms with Crippen LogP contribution in [-0.4, -0.2) is 66.4 Å². The van der Waals surface area contributed by atoms with Gasteiger partial charge in [0.25, 0.3) is 5.91 Å². The molecule has 3 amide bonds. The first-order chi connectivity index (χ1) is 14.5. The summed E-state index contributed by atoms with van der Waals surface area (Å²) in [7, 11) is 0. The summed E-state index contributed by atoms with van der Waals surface area (Å²) in [4.78, 5) is 42.2. The summed E-state index contributed by atoms with van der Waals surface area (Å²) < 4.78 is 0. The highest BCUT2D eigenvalue weighted by molar-refractivity contribution is 6.04. The number of anilines is 1. The normalized spacial score (nSPS) is 19.8. The van der Waals surface area contributed by atoms with Crippen molar-refractivity contribution in [2.75, 3.05) is 37.7 Å². The van der Waals surface area contributed by atoms with Crippen molar-refractivity contribution in [2.45, 2.75) is 19.4 Å². The van der Waals surface area contributed by atoms with E-state index in [1.807, 2.05) is 54.6 Å². The average molecular weight is 406 g/mol. The summed E-state index contributed by atoms with van der Waals surface area (Å²) in [6, 6.07) is 16.5. The lowest BCUT2D eigenvalue weighted by molar-refractivity contribution is -0.129. The number of piperazine rings is 1. The molecule has 2 aliphatic heterocycles. The molecule has 4 rings (SSSR count). The van der Waals surface area contributed by atoms with Crippen molar-refractivity contribution in [1.29, 1.82) is 0 Å². The SMILES string of the molecule is CC(=O)c1ccc(N2CCN(CN3C(=O)NC(Cc4ccccc4)C3=O)CC2)cc1. The lowest BCUT2D eigenvalue weighted by Crippen LogP contribution is -2.51. The molecule has 2 aromatic carbocycles. The number of Topliss-reactive ketones (excluding diaryl/α,β-unsaturated/α-hetero) is 1. The lowest BCUT2D eigenvalue weighted by Gasteiger charge is -2.37. The summed E-state index contributed by atoms with van der Waals surface area (Å²) in [6.45, 7) is 5.00. The van der Waals surface area contributed by atoms with Gasteiger partial charge in [0, 0.05) is 43.9 Å². The Morgan fingerprint density at radius 1 is 0.967 bits per heavy atom. The molecule has 0 spiro atoms. The first kappa shape index (κ1) is 20.1. The smallest absolute Gasteiger partial charge is 0.325 e. The first-order valence-corrected chi connectivity index (χ1v) is 10.3. The zero-order chi connectivity index (χ0) is 21.1. The van der Waals surface area contributed by atoms with E-state index in [1.165, 1.54) is 4.90 Å². The van der Waals surface area contributed by atoms with Gasteiger partial charge in [0.05, 0.1) is 6.67 Å². The summed E-state index contributed by atoms with van der Waals surface area (Å²) in [5.74, 6) is -0.100. The van der Waals surface area contributed by atoms with Crippen LogP contribution >= 0.6 is 0 Å². The number of rotatable bonds is 6. The van der Waals surface area contributed by atoms with Crippen molar-refractivity contribution in [3.63, 3.8) is 0 Å². The third-order valence-corrected chi connectivity index (χ3v) is 5.74. The van der Waals surface area contributed by atoms with Gasteiger partial charge in [0.2, 0.25) is 0 Å². The molecule has 0 aromatic heterocycles. The van der Waals surface area contributed by atoms with Crippen molar-refractivity contribution in [3.05, 3.63) is 65.7 Å². The van der Waals surface area contributed by atoms with Crippen molar-refractivity contribution >= 4 is 23.4 Å². The maximum atomic E-state index is 12.7. The quantitative estimate of drug-likeness (QED) is 0.588. The minimum atomic E-state index is -0.499. The largest absolute Gasteiger partial charge is 0.369 e. The highest BCUT2D eigenvalue weighted by Gasteiger charge is 2.38. The number of urea groups is 1. The van der Waals surface area contributed by atoms with Crippen LogP contribution in [0.15, 0.2) is 54.6 Å². The van der Waals surface area contributed by atoms with E-state index in [9.17, 15) is 14.4 Å². The number of hydrogen-bond donors (Lipinski definition) is 1. The maximum Gasteiger partial charge on any atom is 0.325 e. The van der Waals surface area contributed by atoms with Crippen LogP contribution in [0.5, 0.6) is 0 Å². The van der Waals surface area contributed by atoms with Gasteiger partial charge in [-0.25, -0.2) is 9.69 Å². The fourth-order valence-electron chi connectivity index (χ4n) is 3.95. The summed E-state index contributed by atoms with van der Waals surface area (Å²) in [5.41, 5.74) is 2.82. The summed E-state index contributed by atoms with van der Waals surface area (Å²) in [6.07, 6.45) is 0.506. The molecule has 2 aromatic rings. The van der Waals surface area contributed by atoms with Crippen molar-refractivity contribution in [1.82, 2.24) is 15.1 Å². The molecule has 1 atom stereocenters. The molecule has 2 heterocycles. The molecular formula is C23H26N4O3. The molecule has 1 N–H and O–H groups in total. The second-order valence-electron chi connectivity index (χ2n) is 7.81. The van der Waals surface area contributed by atoms with Crippen LogP contribution in [0.2, 0.25) is 0 Å². The topological polar surface area (TPSA) is 73.0 Å². The van der Waals surface area contributed by atoms with Crippen LogP contribution in [0.1, 0.15) is 22.8 Å². The van der Waals surface area contributed by atoms with E-state index >= 15 is 0 Å². The molecule has 2 fully saturated rings. The first-order valence-electron chi connectivity index (χ1n) is 10.3. The van der Waals surface area contributed by atoms with Crippen LogP contribution in [0.4, 0.5) is 10.5 Å². The number of hydrogen-bond acceptors (Lipinski definition) is 5. The van der Waals surface area contributed by atoms with Gasteiger partial charge < -0.3 is 10.2 Å². The monoisotopic (exact) mass is 406 g/mol. The molecule has 2 saturated heterocycles. The van der Waals surface area contributed by atoms with Gasteiger partial charge in [0.15, 0.2) is 5.78 Å². The van der Waals surface area contributed by atoms with Gasteiger partial charge in [-0.3, -0.25) is 14.5 Å². The number of imide groups is 1. The second kappa shape index (κ2) is 8.67. The standard InChI is InChI=1S/C23H26N4O3/c1-17(28)19-7-9-20(10-8-19)26-13-11-25(12-14-26)16-27-22(29)21(24-23(27)30)15-18-5-3-2-4-6-18/h2-10,21H,11-16H2,1H3,(H,24,30). The molecule has 0 bridgehead atoms. The van der Waals surface area contributed by atoms with Crippen molar-refractivity contribution in [3.8, 4) is 0 Å². The Labute approximate surface area is 176 Å². The van der Waals surface area contributed by atoms with Crippen LogP contribution in [0.3, 0.4) is 0 Å². The Kier molecular flexibility index (Phi) is 5.81. The lowest BCUT2D eigenvalue weighted by atomic mass is 10.1. The Morgan fingerprint density at radius 2 is 1.63 bits per heavy atom. The Bertz CT molecular complexity index is 921. The van der Waals surface area contributed by atoms with E-state index in [4.69, 9.17) is 0 Å². The van der Waals surface area contributed by atoms with Gasteiger partial charge >= 0.3 is 6.03 Å².